The molecule has 0 aliphatic carbocycles. The van der Waals surface area contributed by atoms with Crippen molar-refractivity contribution >= 4 is 28.9 Å². The van der Waals surface area contributed by atoms with E-state index in [-0.39, 0.29) is 0 Å². The van der Waals surface area contributed by atoms with Crippen molar-refractivity contribution in [2.75, 3.05) is 38.3 Å². The molecule has 9 nitrogen and oxygen atoms in total. The highest BCUT2D eigenvalue weighted by molar-refractivity contribution is 6.36. The number of rotatable bonds is 13. The number of ether oxygens (including phenoxy) is 4. The smallest absolute Gasteiger partial charge is 0.339 e. The monoisotopic (exact) mass is 720 g/mol. The number of benzene rings is 3. The molecule has 5 aromatic rings. The average molecular weight is 721 g/mol. The summed E-state index contributed by atoms with van der Waals surface area (Å²) in [7, 11) is 1.35. The maximum Gasteiger partial charge on any atom is 0.339 e. The molecule has 2 aromatic heterocycles. The van der Waals surface area contributed by atoms with Crippen molar-refractivity contribution in [1.29, 1.82) is 0 Å². The highest BCUT2D eigenvalue weighted by atomic mass is 35.5. The fourth-order valence-corrected chi connectivity index (χ4v) is 6.84. The summed E-state index contributed by atoms with van der Waals surface area (Å²) in [6, 6.07) is 21.9. The van der Waals surface area contributed by atoms with Crippen LogP contribution in [0.5, 0.6) is 11.5 Å². The normalized spacial score (nSPS) is 13.3. The summed E-state index contributed by atoms with van der Waals surface area (Å²) in [5.41, 5.74) is 6.47. The highest BCUT2D eigenvalue weighted by Gasteiger charge is 2.35. The third-order valence-corrected chi connectivity index (χ3v) is 9.15. The van der Waals surface area contributed by atoms with Gasteiger partial charge < -0.3 is 23.8 Å². The van der Waals surface area contributed by atoms with E-state index in [4.69, 9.17) is 40.6 Å². The first kappa shape index (κ1) is 36.7. The van der Waals surface area contributed by atoms with Gasteiger partial charge in [-0.1, -0.05) is 60.2 Å². The van der Waals surface area contributed by atoms with E-state index in [1.54, 1.807) is 4.52 Å². The minimum absolute atomic E-state index is 0.454. The van der Waals surface area contributed by atoms with E-state index >= 15 is 0 Å². The molecule has 1 aliphatic rings. The van der Waals surface area contributed by atoms with Crippen molar-refractivity contribution in [3.63, 3.8) is 0 Å². The minimum atomic E-state index is -1.12. The van der Waals surface area contributed by atoms with Crippen molar-refractivity contribution < 1.29 is 23.7 Å². The van der Waals surface area contributed by atoms with Crippen molar-refractivity contribution in [2.45, 2.75) is 52.2 Å². The largest absolute Gasteiger partial charge is 0.493 e. The molecule has 0 radical (unpaired) electrons. The predicted octanol–water partition coefficient (Wildman–Crippen LogP) is 9.45. The number of carbonyl (C=O) groups excluding carboxylic acids is 1. The zero-order valence-corrected chi connectivity index (χ0v) is 31.2. The first-order chi connectivity index (χ1) is 25.0. The zero-order chi connectivity index (χ0) is 37.0. The lowest BCUT2D eigenvalue weighted by atomic mass is 9.97. The number of aryl methyl sites for hydroxylation is 1. The number of anilines is 1. The summed E-state index contributed by atoms with van der Waals surface area (Å²) in [5, 5.41) is 5.60. The molecule has 270 valence electrons. The summed E-state index contributed by atoms with van der Waals surface area (Å²) >= 11 is 7.36. The second kappa shape index (κ2) is 15.6. The van der Waals surface area contributed by atoms with Gasteiger partial charge in [0.1, 0.15) is 18.1 Å². The molecule has 0 fully saturated rings. The van der Waals surface area contributed by atoms with Crippen molar-refractivity contribution in [3.05, 3.63) is 108 Å². The van der Waals surface area contributed by atoms with Crippen LogP contribution in [0.2, 0.25) is 5.02 Å². The Balaban J connectivity index is 1.55. The van der Waals surface area contributed by atoms with Gasteiger partial charge in [-0.15, -0.1) is 13.2 Å². The van der Waals surface area contributed by atoms with E-state index in [1.807, 2.05) is 88.4 Å². The lowest BCUT2D eigenvalue weighted by Gasteiger charge is -2.32. The molecule has 6 rings (SSSR count). The summed E-state index contributed by atoms with van der Waals surface area (Å²) < 4.78 is 25.7. The van der Waals surface area contributed by atoms with E-state index in [2.05, 4.69) is 36.3 Å². The number of halogens is 1. The fraction of sp³-hybridized carbons (Fsp3) is 0.310. The number of hydrogen-bond acceptors (Lipinski definition) is 8. The Labute approximate surface area is 310 Å². The van der Waals surface area contributed by atoms with Gasteiger partial charge in [0.05, 0.1) is 48.0 Å². The van der Waals surface area contributed by atoms with Crippen molar-refractivity contribution in [2.24, 2.45) is 0 Å². The second-order valence-corrected chi connectivity index (χ2v) is 14.0. The van der Waals surface area contributed by atoms with Gasteiger partial charge in [-0.2, -0.15) is 5.10 Å². The topological polar surface area (TPSA) is 87.4 Å². The number of fused-ring (bicyclic) bond motifs is 2. The molecule has 0 bridgehead atoms. The van der Waals surface area contributed by atoms with E-state index in [9.17, 15) is 4.79 Å². The molecular formula is C42H45ClN4O5. The third-order valence-electron chi connectivity index (χ3n) is 8.76. The maximum atomic E-state index is 13.6. The van der Waals surface area contributed by atoms with E-state index in [1.165, 1.54) is 7.11 Å². The quantitative estimate of drug-likeness (QED) is 0.0676. The molecule has 0 amide bonds. The summed E-state index contributed by atoms with van der Waals surface area (Å²) in [6.07, 6.45) is 4.40. The molecular weight excluding hydrogens is 676 g/mol. The fourth-order valence-electron chi connectivity index (χ4n) is 6.48. The van der Waals surface area contributed by atoms with E-state index < -0.39 is 17.7 Å². The lowest BCUT2D eigenvalue weighted by molar-refractivity contribution is -0.164. The molecule has 0 N–H and O–H groups in total. The van der Waals surface area contributed by atoms with Crippen LogP contribution in [0.3, 0.4) is 0 Å². The number of aromatic nitrogens is 3. The number of allylic oxidation sites excluding steroid dienone is 1. The number of hydrogen-bond donors (Lipinski definition) is 0. The van der Waals surface area contributed by atoms with Crippen LogP contribution >= 0.6 is 11.6 Å². The van der Waals surface area contributed by atoms with Crippen LogP contribution in [0.4, 0.5) is 5.69 Å². The Hall–Kier alpha value is -5.12. The molecule has 1 atom stereocenters. The van der Waals surface area contributed by atoms with Gasteiger partial charge in [0.25, 0.3) is 0 Å². The predicted molar refractivity (Wildman–Crippen MR) is 207 cm³/mol. The Kier molecular flexibility index (Phi) is 11.0. The minimum Gasteiger partial charge on any atom is -0.493 e. The van der Waals surface area contributed by atoms with Crippen molar-refractivity contribution in [3.8, 4) is 45.1 Å². The van der Waals surface area contributed by atoms with Gasteiger partial charge >= 0.3 is 5.97 Å². The maximum absolute atomic E-state index is 13.6. The number of para-hydroxylation sites is 1. The first-order valence-corrected chi connectivity index (χ1v) is 17.8. The van der Waals surface area contributed by atoms with Crippen molar-refractivity contribution in [1.82, 2.24) is 14.6 Å². The number of unbranched alkanes of at least 4 members (excludes halogenated alkanes) is 1. The molecule has 0 unspecified atom stereocenters. The standard InChI is InChI=1S/C42H45ClN4O5/c1-8-10-13-23-50-33-18-12-11-17-30(33)28-15-14-16-29(25-28)32-26-35-44-27(3)36(40(41(48)49-7)52-42(4,5)6)38(47(35)45-32)31-19-20-34-39(37(31)43)46(21-9-2)22-24-51-34/h8-9,11-12,14-20,25-26,40H,1-2,10,13,21-24H2,3-7H3/t40-/m0/s1. The van der Waals surface area contributed by atoms with Crippen LogP contribution in [0.1, 0.15) is 51.0 Å². The van der Waals surface area contributed by atoms with Crippen LogP contribution in [-0.4, -0.2) is 59.6 Å². The Morgan fingerprint density at radius 1 is 1.04 bits per heavy atom. The van der Waals surface area contributed by atoms with Crippen LogP contribution in [0.25, 0.3) is 39.3 Å². The number of carbonyl (C=O) groups is 1. The van der Waals surface area contributed by atoms with E-state index in [0.717, 1.165) is 41.0 Å². The van der Waals surface area contributed by atoms with E-state index in [0.29, 0.717) is 70.9 Å². The van der Waals surface area contributed by atoms with Gasteiger partial charge in [0, 0.05) is 40.6 Å². The Morgan fingerprint density at radius 3 is 2.58 bits per heavy atom. The molecule has 52 heavy (non-hydrogen) atoms. The third kappa shape index (κ3) is 7.56. The van der Waals surface area contributed by atoms with Crippen LogP contribution in [-0.2, 0) is 14.3 Å². The molecule has 0 saturated heterocycles. The van der Waals surface area contributed by atoms with Crippen LogP contribution in [0, 0.1) is 6.92 Å². The Bertz CT molecular complexity index is 2120. The average Bonchev–Trinajstić information content (AvgIpc) is 3.56. The molecule has 3 aromatic carbocycles. The van der Waals surface area contributed by atoms with Gasteiger partial charge in [-0.25, -0.2) is 14.3 Å². The number of nitrogens with zero attached hydrogens (tertiary/aromatic N) is 4. The molecule has 0 saturated carbocycles. The lowest BCUT2D eigenvalue weighted by Crippen LogP contribution is -2.33. The second-order valence-electron chi connectivity index (χ2n) is 13.6. The molecule has 3 heterocycles. The summed E-state index contributed by atoms with van der Waals surface area (Å²) in [4.78, 5) is 20.7. The Morgan fingerprint density at radius 2 is 1.83 bits per heavy atom. The van der Waals surface area contributed by atoms with Gasteiger partial charge in [-0.3, -0.25) is 0 Å². The van der Waals surface area contributed by atoms with Crippen LogP contribution in [0.15, 0.2) is 92.0 Å². The first-order valence-electron chi connectivity index (χ1n) is 17.5. The molecule has 0 spiro atoms. The molecule has 1 aliphatic heterocycles. The SMILES string of the molecule is C=CCCCOc1ccccc1-c1cccc(-c2cc3nc(C)c([C@H](OC(C)(C)C)C(=O)OC)c(-c4ccc5c(c4Cl)N(CC=C)CCO5)n3n2)c1. The summed E-state index contributed by atoms with van der Waals surface area (Å²) in [5.74, 6) is 0.924. The van der Waals surface area contributed by atoms with Gasteiger partial charge in [-0.05, 0) is 70.4 Å². The van der Waals surface area contributed by atoms with Crippen LogP contribution < -0.4 is 14.4 Å². The van der Waals surface area contributed by atoms with Gasteiger partial charge in [0.15, 0.2) is 11.8 Å². The zero-order valence-electron chi connectivity index (χ0n) is 30.4. The summed E-state index contributed by atoms with van der Waals surface area (Å²) in [6.45, 7) is 17.6. The number of esters is 1. The van der Waals surface area contributed by atoms with Gasteiger partial charge in [0.2, 0.25) is 0 Å². The number of methoxy groups -OCH3 is 1. The molecule has 10 heteroatoms. The highest BCUT2D eigenvalue weighted by Crippen LogP contribution is 2.47.